The minimum Gasteiger partial charge on any atom is -0.545 e. The van der Waals surface area contributed by atoms with Crippen LogP contribution in [0.15, 0.2) is 12.1 Å². The third-order valence-corrected chi connectivity index (χ3v) is 2.15. The Balaban J connectivity index is 0.00000144. The van der Waals surface area contributed by atoms with E-state index in [1.807, 2.05) is 13.0 Å². The van der Waals surface area contributed by atoms with Crippen molar-refractivity contribution in [3.05, 3.63) is 34.4 Å². The quantitative estimate of drug-likeness (QED) is 0.698. The number of benzene rings is 1. The van der Waals surface area contributed by atoms with E-state index in [2.05, 4.69) is 0 Å². The molecule has 1 aromatic carbocycles. The fraction of sp³-hybridized carbons (Fsp3) is 0.300. The molecule has 0 atom stereocenters. The second-order valence-electron chi connectivity index (χ2n) is 2.99. The van der Waals surface area contributed by atoms with Crippen molar-refractivity contribution in [2.45, 2.75) is 20.8 Å². The van der Waals surface area contributed by atoms with Gasteiger partial charge in [-0.05, 0) is 37.5 Å². The van der Waals surface area contributed by atoms with Crippen molar-refractivity contribution in [1.82, 2.24) is 0 Å². The number of rotatable bonds is 1. The Hall–Kier alpha value is -0.375. The van der Waals surface area contributed by atoms with E-state index in [1.54, 1.807) is 19.9 Å². The fourth-order valence-corrected chi connectivity index (χ4v) is 1.27. The zero-order valence-electron chi connectivity index (χ0n) is 8.18. The van der Waals surface area contributed by atoms with Crippen molar-refractivity contribution in [3.63, 3.8) is 0 Å². The van der Waals surface area contributed by atoms with Crippen LogP contribution in [0.5, 0.6) is 0 Å². The van der Waals surface area contributed by atoms with Gasteiger partial charge in [0.1, 0.15) is 0 Å². The van der Waals surface area contributed by atoms with E-state index >= 15 is 0 Å². The second kappa shape index (κ2) is 4.75. The third-order valence-electron chi connectivity index (χ3n) is 2.15. The first-order valence-corrected chi connectivity index (χ1v) is 3.82. The first kappa shape index (κ1) is 12.6. The number of hydrogen-bond donors (Lipinski definition) is 0. The maximum absolute atomic E-state index is 10.7. The molecule has 1 rings (SSSR count). The standard InChI is InChI=1S/C10H12O2.Hg/c1-6-4-5-7(2)9(8(6)3)10(11)12;/h4-5H,1-3H3,(H,11,12);/q;+1/p-1. The van der Waals surface area contributed by atoms with Crippen LogP contribution in [-0.2, 0) is 27.7 Å². The molecule has 0 heterocycles. The van der Waals surface area contributed by atoms with Gasteiger partial charge in [0, 0.05) is 5.56 Å². The van der Waals surface area contributed by atoms with Gasteiger partial charge in [0.2, 0.25) is 0 Å². The van der Waals surface area contributed by atoms with Crippen LogP contribution in [-0.4, -0.2) is 5.97 Å². The molecular formula is C10H11HgO2. The summed E-state index contributed by atoms with van der Waals surface area (Å²) in [6.07, 6.45) is 0. The number of aromatic carboxylic acids is 1. The van der Waals surface area contributed by atoms with Gasteiger partial charge >= 0.3 is 27.7 Å². The predicted molar refractivity (Wildman–Crippen MR) is 45.0 cm³/mol. The van der Waals surface area contributed by atoms with E-state index < -0.39 is 5.97 Å². The molecule has 65 valence electrons. The van der Waals surface area contributed by atoms with Gasteiger partial charge in [-0.1, -0.05) is 12.1 Å². The molecule has 0 amide bonds. The minimum absolute atomic E-state index is 0. The number of carbonyl (C=O) groups is 1. The van der Waals surface area contributed by atoms with Crippen LogP contribution in [0.3, 0.4) is 0 Å². The topological polar surface area (TPSA) is 40.1 Å². The molecule has 0 aliphatic carbocycles. The van der Waals surface area contributed by atoms with Gasteiger partial charge < -0.3 is 9.90 Å². The van der Waals surface area contributed by atoms with E-state index in [0.717, 1.165) is 16.7 Å². The second-order valence-corrected chi connectivity index (χ2v) is 2.99. The van der Waals surface area contributed by atoms with E-state index in [9.17, 15) is 9.90 Å². The van der Waals surface area contributed by atoms with Gasteiger partial charge in [-0.25, -0.2) is 0 Å². The molecule has 0 saturated carbocycles. The number of carboxylic acids is 1. The molecule has 1 radical (unpaired) electrons. The Morgan fingerprint density at radius 3 is 2.00 bits per heavy atom. The molecule has 0 fully saturated rings. The average molecular weight is 364 g/mol. The van der Waals surface area contributed by atoms with Crippen molar-refractivity contribution in [1.29, 1.82) is 0 Å². The molecule has 0 aliphatic heterocycles. The molecule has 0 bridgehead atoms. The predicted octanol–water partition coefficient (Wildman–Crippen LogP) is 0.973. The van der Waals surface area contributed by atoms with Crippen LogP contribution in [0.25, 0.3) is 0 Å². The maximum atomic E-state index is 10.7. The number of carbonyl (C=O) groups excluding carboxylic acids is 1. The van der Waals surface area contributed by atoms with Crippen LogP contribution < -0.4 is 5.11 Å². The summed E-state index contributed by atoms with van der Waals surface area (Å²) in [6, 6.07) is 3.71. The Morgan fingerprint density at radius 2 is 1.62 bits per heavy atom. The van der Waals surface area contributed by atoms with Gasteiger partial charge in [-0.3, -0.25) is 0 Å². The summed E-state index contributed by atoms with van der Waals surface area (Å²) in [4.78, 5) is 10.7. The number of aryl methyl sites for hydroxylation is 2. The largest absolute Gasteiger partial charge is 1.00 e. The summed E-state index contributed by atoms with van der Waals surface area (Å²) in [7, 11) is 0. The Bertz CT molecular complexity index is 332. The first-order valence-electron chi connectivity index (χ1n) is 3.82. The molecule has 3 heteroatoms. The van der Waals surface area contributed by atoms with Crippen molar-refractivity contribution < 1.29 is 37.6 Å². The average Bonchev–Trinajstić information content (AvgIpc) is 1.97. The van der Waals surface area contributed by atoms with E-state index in [1.165, 1.54) is 0 Å². The fourth-order valence-electron chi connectivity index (χ4n) is 1.27. The normalized spacial score (nSPS) is 9.15. The molecule has 0 N–H and O–H groups in total. The smallest absolute Gasteiger partial charge is 0.545 e. The van der Waals surface area contributed by atoms with Gasteiger partial charge in [0.15, 0.2) is 0 Å². The molecule has 2 nitrogen and oxygen atoms in total. The Kier molecular flexibility index (Phi) is 4.61. The van der Waals surface area contributed by atoms with Crippen molar-refractivity contribution >= 4 is 5.97 Å². The summed E-state index contributed by atoms with van der Waals surface area (Å²) < 4.78 is 0. The van der Waals surface area contributed by atoms with Crippen LogP contribution in [0.1, 0.15) is 27.0 Å². The summed E-state index contributed by atoms with van der Waals surface area (Å²) in [6.45, 7) is 5.46. The number of hydrogen-bond acceptors (Lipinski definition) is 2. The summed E-state index contributed by atoms with van der Waals surface area (Å²) >= 11 is 0. The molecule has 1 aromatic rings. The molecule has 0 aromatic heterocycles. The summed E-state index contributed by atoms with van der Waals surface area (Å²) in [5.74, 6) is -1.09. The first-order chi connectivity index (χ1) is 5.54. The SMILES string of the molecule is Cc1ccc(C)c(C(=O)[O-])c1C.[Hg+]. The molecular weight excluding hydrogens is 353 g/mol. The minimum atomic E-state index is -1.09. The zero-order chi connectivity index (χ0) is 9.30. The zero-order valence-corrected chi connectivity index (χ0v) is 13.7. The van der Waals surface area contributed by atoms with Crippen LogP contribution in [0, 0.1) is 20.8 Å². The van der Waals surface area contributed by atoms with E-state index in [4.69, 9.17) is 0 Å². The molecule has 0 saturated heterocycles. The van der Waals surface area contributed by atoms with Gasteiger partial charge in [0.25, 0.3) is 0 Å². The van der Waals surface area contributed by atoms with E-state index in [-0.39, 0.29) is 27.7 Å². The van der Waals surface area contributed by atoms with Crippen LogP contribution in [0.2, 0.25) is 0 Å². The maximum Gasteiger partial charge on any atom is 1.00 e. The van der Waals surface area contributed by atoms with Gasteiger partial charge in [-0.15, -0.1) is 0 Å². The van der Waals surface area contributed by atoms with Crippen molar-refractivity contribution in [3.8, 4) is 0 Å². The molecule has 0 aliphatic rings. The van der Waals surface area contributed by atoms with E-state index in [0.29, 0.717) is 5.56 Å². The molecule has 13 heavy (non-hydrogen) atoms. The van der Waals surface area contributed by atoms with Gasteiger partial charge in [0.05, 0.1) is 5.97 Å². The Labute approximate surface area is 98.5 Å². The van der Waals surface area contributed by atoms with Crippen LogP contribution in [0.4, 0.5) is 0 Å². The van der Waals surface area contributed by atoms with Crippen LogP contribution >= 0.6 is 0 Å². The monoisotopic (exact) mass is 365 g/mol. The Morgan fingerprint density at radius 1 is 1.15 bits per heavy atom. The van der Waals surface area contributed by atoms with Gasteiger partial charge in [-0.2, -0.15) is 0 Å². The number of carboxylic acid groups (broad SMARTS) is 1. The third kappa shape index (κ3) is 2.53. The molecule has 0 spiro atoms. The van der Waals surface area contributed by atoms with Crippen molar-refractivity contribution in [2.75, 3.05) is 0 Å². The summed E-state index contributed by atoms with van der Waals surface area (Å²) in [5.41, 5.74) is 2.88. The van der Waals surface area contributed by atoms with Crippen molar-refractivity contribution in [2.24, 2.45) is 0 Å². The molecule has 0 unspecified atom stereocenters. The summed E-state index contributed by atoms with van der Waals surface area (Å²) in [5, 5.41) is 10.7.